The quantitative estimate of drug-likeness (QED) is 0.287. The number of ketones is 1. The van der Waals surface area contributed by atoms with Gasteiger partial charge in [-0.15, -0.1) is 0 Å². The highest BCUT2D eigenvalue weighted by molar-refractivity contribution is 6.32. The molecular weight excluding hydrogens is 452 g/mol. The fourth-order valence-corrected chi connectivity index (χ4v) is 3.43. The van der Waals surface area contributed by atoms with Crippen LogP contribution in [0.4, 0.5) is 0 Å². The lowest BCUT2D eigenvalue weighted by molar-refractivity contribution is -0.121. The average Bonchev–Trinajstić information content (AvgIpc) is 3.22. The van der Waals surface area contributed by atoms with E-state index in [4.69, 9.17) is 26.6 Å². The highest BCUT2D eigenvalue weighted by Gasteiger charge is 2.18. The van der Waals surface area contributed by atoms with Gasteiger partial charge in [0.15, 0.2) is 5.78 Å². The summed E-state index contributed by atoms with van der Waals surface area (Å²) in [4.78, 5) is 38.5. The van der Waals surface area contributed by atoms with E-state index in [2.05, 4.69) is 10.3 Å². The van der Waals surface area contributed by atoms with E-state index >= 15 is 0 Å². The normalized spacial score (nSPS) is 11.8. The van der Waals surface area contributed by atoms with Crippen molar-refractivity contribution in [2.45, 2.75) is 18.9 Å². The van der Waals surface area contributed by atoms with Crippen molar-refractivity contribution in [1.29, 1.82) is 0 Å². The summed E-state index contributed by atoms with van der Waals surface area (Å²) in [5.74, 6) is -1.44. The smallest absolute Gasteiger partial charge is 0.335 e. The highest BCUT2D eigenvalue weighted by Crippen LogP contribution is 2.30. The van der Waals surface area contributed by atoms with Crippen molar-refractivity contribution < 1.29 is 34.4 Å². The van der Waals surface area contributed by atoms with Crippen LogP contribution in [0.25, 0.3) is 10.9 Å². The highest BCUT2D eigenvalue weighted by atomic mass is 35.5. The second-order valence-electron chi connectivity index (χ2n) is 7.34. The second-order valence-corrected chi connectivity index (χ2v) is 7.75. The molecule has 0 spiro atoms. The fourth-order valence-electron chi connectivity index (χ4n) is 3.20. The SMILES string of the molecule is O=C(CCCO)COc1cc2[nH]c(C(=O)N[C@H](CO)c3ccc(C(=O)O)cc3)cc2cc1Cl. The molecule has 1 heterocycles. The number of fused-ring (bicyclic) bond motifs is 1. The first-order valence-corrected chi connectivity index (χ1v) is 10.5. The number of rotatable bonds is 11. The van der Waals surface area contributed by atoms with E-state index in [9.17, 15) is 19.5 Å². The summed E-state index contributed by atoms with van der Waals surface area (Å²) in [6.45, 7) is -0.638. The molecule has 33 heavy (non-hydrogen) atoms. The molecule has 0 bridgehead atoms. The summed E-state index contributed by atoms with van der Waals surface area (Å²) < 4.78 is 5.48. The number of H-pyrrole nitrogens is 1. The number of amides is 1. The van der Waals surface area contributed by atoms with E-state index < -0.39 is 17.9 Å². The zero-order valence-corrected chi connectivity index (χ0v) is 18.3. The molecule has 0 aliphatic rings. The number of carboxylic acid groups (broad SMARTS) is 1. The van der Waals surface area contributed by atoms with Gasteiger partial charge in [-0.3, -0.25) is 9.59 Å². The summed E-state index contributed by atoms with van der Waals surface area (Å²) >= 11 is 6.24. The van der Waals surface area contributed by atoms with Crippen molar-refractivity contribution in [2.24, 2.45) is 0 Å². The van der Waals surface area contributed by atoms with Gasteiger partial charge in [0.05, 0.1) is 23.2 Å². The molecule has 0 saturated heterocycles. The maximum Gasteiger partial charge on any atom is 0.335 e. The van der Waals surface area contributed by atoms with Gasteiger partial charge >= 0.3 is 5.97 Å². The van der Waals surface area contributed by atoms with Crippen LogP contribution in [-0.4, -0.2) is 57.8 Å². The van der Waals surface area contributed by atoms with Gasteiger partial charge in [-0.1, -0.05) is 23.7 Å². The van der Waals surface area contributed by atoms with E-state index in [0.717, 1.165) is 0 Å². The molecule has 3 aromatic rings. The number of carboxylic acids is 1. The van der Waals surface area contributed by atoms with Crippen molar-refractivity contribution in [3.05, 3.63) is 64.3 Å². The van der Waals surface area contributed by atoms with Gasteiger partial charge in [-0.05, 0) is 36.2 Å². The topological polar surface area (TPSA) is 149 Å². The Morgan fingerprint density at radius 2 is 1.82 bits per heavy atom. The molecule has 174 valence electrons. The summed E-state index contributed by atoms with van der Waals surface area (Å²) in [5, 5.41) is 31.1. The monoisotopic (exact) mass is 474 g/mol. The molecule has 1 amide bonds. The zero-order valence-electron chi connectivity index (χ0n) is 17.5. The molecule has 5 N–H and O–H groups in total. The van der Waals surface area contributed by atoms with E-state index in [1.54, 1.807) is 18.2 Å². The molecule has 0 aliphatic heterocycles. The third kappa shape index (κ3) is 6.10. The molecule has 2 aromatic carbocycles. The van der Waals surface area contributed by atoms with Gasteiger partial charge in [-0.25, -0.2) is 4.79 Å². The van der Waals surface area contributed by atoms with Crippen LogP contribution in [0.1, 0.15) is 45.3 Å². The Morgan fingerprint density at radius 1 is 1.09 bits per heavy atom. The minimum Gasteiger partial charge on any atom is -0.484 e. The van der Waals surface area contributed by atoms with Gasteiger partial charge in [0.25, 0.3) is 5.91 Å². The Balaban J connectivity index is 1.72. The number of benzene rings is 2. The molecule has 9 nitrogen and oxygen atoms in total. The summed E-state index contributed by atoms with van der Waals surface area (Å²) in [5.41, 5.74) is 1.44. The number of aliphatic hydroxyl groups is 2. The van der Waals surface area contributed by atoms with Crippen LogP contribution >= 0.6 is 11.6 Å². The predicted molar refractivity (Wildman–Crippen MR) is 121 cm³/mol. The Morgan fingerprint density at radius 3 is 2.45 bits per heavy atom. The van der Waals surface area contributed by atoms with Crippen molar-refractivity contribution in [1.82, 2.24) is 10.3 Å². The first kappa shape index (κ1) is 24.2. The third-order valence-corrected chi connectivity index (χ3v) is 5.26. The van der Waals surface area contributed by atoms with Crippen LogP contribution in [0.2, 0.25) is 5.02 Å². The van der Waals surface area contributed by atoms with Gasteiger partial charge in [-0.2, -0.15) is 0 Å². The second kappa shape index (κ2) is 11.0. The number of halogens is 1. The van der Waals surface area contributed by atoms with Crippen LogP contribution in [-0.2, 0) is 4.79 Å². The Hall–Kier alpha value is -3.40. The molecule has 0 radical (unpaired) electrons. The van der Waals surface area contributed by atoms with E-state index in [-0.39, 0.29) is 54.1 Å². The number of carbonyl (C=O) groups excluding carboxylic acids is 2. The van der Waals surface area contributed by atoms with Crippen molar-refractivity contribution >= 4 is 40.2 Å². The van der Waals surface area contributed by atoms with Gasteiger partial charge in [0, 0.05) is 30.0 Å². The minimum atomic E-state index is -1.07. The minimum absolute atomic E-state index is 0.0729. The number of aromatic amines is 1. The van der Waals surface area contributed by atoms with Crippen LogP contribution in [0.3, 0.4) is 0 Å². The van der Waals surface area contributed by atoms with Crippen LogP contribution in [0.5, 0.6) is 5.75 Å². The lowest BCUT2D eigenvalue weighted by Crippen LogP contribution is -2.31. The molecular formula is C23H23ClN2O7. The molecule has 10 heteroatoms. The average molecular weight is 475 g/mol. The van der Waals surface area contributed by atoms with E-state index in [1.165, 1.54) is 24.3 Å². The molecule has 0 unspecified atom stereocenters. The lowest BCUT2D eigenvalue weighted by Gasteiger charge is -2.16. The Kier molecular flexibility index (Phi) is 8.05. The fraction of sp³-hybridized carbons (Fsp3) is 0.261. The van der Waals surface area contributed by atoms with E-state index in [0.29, 0.717) is 22.9 Å². The number of Topliss-reactive ketones (excluding diaryl/α,β-unsaturated/α-hetero) is 1. The molecule has 0 saturated carbocycles. The van der Waals surface area contributed by atoms with Crippen molar-refractivity contribution in [3.63, 3.8) is 0 Å². The largest absolute Gasteiger partial charge is 0.484 e. The number of hydrogen-bond acceptors (Lipinski definition) is 6. The Bertz CT molecular complexity index is 1160. The van der Waals surface area contributed by atoms with Crippen LogP contribution in [0.15, 0.2) is 42.5 Å². The number of aliphatic hydroxyl groups excluding tert-OH is 2. The maximum absolute atomic E-state index is 12.7. The standard InChI is InChI=1S/C23H23ClN2O7/c24-17-8-15-9-19(25-18(15)10-21(17)33-12-16(29)2-1-7-27)22(30)26-20(11-28)13-3-5-14(6-4-13)23(31)32/h3-6,8-10,20,25,27-28H,1-2,7,11-12H2,(H,26,30)(H,31,32)/t20-/m1/s1. The summed E-state index contributed by atoms with van der Waals surface area (Å²) in [6, 6.07) is 9.89. The number of carbonyl (C=O) groups is 3. The first-order valence-electron chi connectivity index (χ1n) is 10.1. The molecule has 1 atom stereocenters. The van der Waals surface area contributed by atoms with Crippen molar-refractivity contribution in [3.8, 4) is 5.75 Å². The Labute approximate surface area is 193 Å². The zero-order chi connectivity index (χ0) is 24.0. The number of hydrogen-bond donors (Lipinski definition) is 5. The molecule has 3 rings (SSSR count). The number of aromatic carboxylic acids is 1. The molecule has 0 aliphatic carbocycles. The number of ether oxygens (including phenoxy) is 1. The van der Waals surface area contributed by atoms with Gasteiger partial charge in [0.1, 0.15) is 18.1 Å². The summed E-state index contributed by atoms with van der Waals surface area (Å²) in [7, 11) is 0. The molecule has 1 aromatic heterocycles. The lowest BCUT2D eigenvalue weighted by atomic mass is 10.1. The maximum atomic E-state index is 12.7. The predicted octanol–water partition coefficient (Wildman–Crippen LogP) is 2.70. The number of nitrogens with one attached hydrogen (secondary N) is 2. The van der Waals surface area contributed by atoms with Gasteiger partial charge in [0.2, 0.25) is 0 Å². The van der Waals surface area contributed by atoms with Crippen molar-refractivity contribution in [2.75, 3.05) is 19.8 Å². The number of aromatic nitrogens is 1. The van der Waals surface area contributed by atoms with Gasteiger partial charge < -0.3 is 30.4 Å². The third-order valence-electron chi connectivity index (χ3n) is 4.97. The first-order chi connectivity index (χ1) is 15.8. The van der Waals surface area contributed by atoms with Crippen LogP contribution < -0.4 is 10.1 Å². The summed E-state index contributed by atoms with van der Waals surface area (Å²) in [6.07, 6.45) is 0.566. The van der Waals surface area contributed by atoms with Crippen LogP contribution in [0, 0.1) is 0 Å². The molecule has 0 fully saturated rings. The van der Waals surface area contributed by atoms with E-state index in [1.807, 2.05) is 0 Å².